The molecule has 0 saturated carbocycles. The van der Waals surface area contributed by atoms with Crippen LogP contribution in [0.2, 0.25) is 5.02 Å². The smallest absolute Gasteiger partial charge is 0.140 e. The Morgan fingerprint density at radius 2 is 2.18 bits per heavy atom. The lowest BCUT2D eigenvalue weighted by Gasteiger charge is -2.04. The Labute approximate surface area is 107 Å². The number of hydrogen-bond acceptors (Lipinski definition) is 3. The molecule has 1 heterocycles. The van der Waals surface area contributed by atoms with Crippen molar-refractivity contribution in [2.24, 2.45) is 0 Å². The molecule has 1 N–H and O–H groups in total. The first kappa shape index (κ1) is 14.2. The van der Waals surface area contributed by atoms with Crippen molar-refractivity contribution < 1.29 is 4.79 Å². The third kappa shape index (κ3) is 3.54. The van der Waals surface area contributed by atoms with Crippen LogP contribution in [0, 0.1) is 0 Å². The zero-order valence-electron chi connectivity index (χ0n) is 10.7. The zero-order valence-corrected chi connectivity index (χ0v) is 11.5. The third-order valence-corrected chi connectivity index (χ3v) is 3.15. The molecular formula is C12H20ClN3O. The average Bonchev–Trinajstić information content (AvgIpc) is 2.63. The molecule has 1 aromatic heterocycles. The average molecular weight is 258 g/mol. The van der Waals surface area contributed by atoms with Gasteiger partial charge in [-0.3, -0.25) is 9.48 Å². The Morgan fingerprint density at radius 1 is 1.47 bits per heavy atom. The fourth-order valence-electron chi connectivity index (χ4n) is 1.73. The van der Waals surface area contributed by atoms with Crippen molar-refractivity contribution in [1.29, 1.82) is 0 Å². The van der Waals surface area contributed by atoms with Crippen LogP contribution in [0.3, 0.4) is 0 Å². The quantitative estimate of drug-likeness (QED) is 0.811. The van der Waals surface area contributed by atoms with Crippen LogP contribution in [0.1, 0.15) is 31.7 Å². The molecule has 4 nitrogen and oxygen atoms in total. The molecule has 0 atom stereocenters. The summed E-state index contributed by atoms with van der Waals surface area (Å²) in [4.78, 5) is 11.7. The maximum absolute atomic E-state index is 11.7. The number of halogens is 1. The first-order valence-corrected chi connectivity index (χ1v) is 6.42. The molecule has 0 radical (unpaired) electrons. The zero-order chi connectivity index (χ0) is 12.8. The lowest BCUT2D eigenvalue weighted by atomic mass is 10.1. The molecule has 17 heavy (non-hydrogen) atoms. The molecule has 0 fully saturated rings. The van der Waals surface area contributed by atoms with Gasteiger partial charge < -0.3 is 5.32 Å². The van der Waals surface area contributed by atoms with Crippen LogP contribution in [0.4, 0.5) is 0 Å². The van der Waals surface area contributed by atoms with Gasteiger partial charge in [-0.15, -0.1) is 0 Å². The van der Waals surface area contributed by atoms with Gasteiger partial charge in [0.15, 0.2) is 0 Å². The van der Waals surface area contributed by atoms with Gasteiger partial charge in [-0.25, -0.2) is 0 Å². The van der Waals surface area contributed by atoms with Gasteiger partial charge in [0.05, 0.1) is 16.4 Å². The van der Waals surface area contributed by atoms with E-state index in [-0.39, 0.29) is 5.78 Å². The predicted molar refractivity (Wildman–Crippen MR) is 69.5 cm³/mol. The maximum Gasteiger partial charge on any atom is 0.140 e. The number of Topliss-reactive ketones (excluding diaryl/α,β-unsaturated/α-hetero) is 1. The summed E-state index contributed by atoms with van der Waals surface area (Å²) in [5.41, 5.74) is 1.73. The van der Waals surface area contributed by atoms with Gasteiger partial charge in [0.1, 0.15) is 5.78 Å². The van der Waals surface area contributed by atoms with Crippen molar-refractivity contribution in [3.05, 3.63) is 16.4 Å². The molecule has 0 bridgehead atoms. The van der Waals surface area contributed by atoms with Crippen LogP contribution in [0.25, 0.3) is 0 Å². The van der Waals surface area contributed by atoms with E-state index in [9.17, 15) is 4.79 Å². The summed E-state index contributed by atoms with van der Waals surface area (Å²) >= 11 is 6.24. The minimum Gasteiger partial charge on any atom is -0.319 e. The summed E-state index contributed by atoms with van der Waals surface area (Å²) in [5.74, 6) is 0.193. The fourth-order valence-corrected chi connectivity index (χ4v) is 2.06. The van der Waals surface area contributed by atoms with E-state index < -0.39 is 0 Å². The van der Waals surface area contributed by atoms with Crippen molar-refractivity contribution in [3.8, 4) is 0 Å². The number of nitrogens with zero attached hydrogens (tertiary/aromatic N) is 2. The molecular weight excluding hydrogens is 238 g/mol. The molecule has 0 aliphatic rings. The van der Waals surface area contributed by atoms with E-state index in [1.165, 1.54) is 0 Å². The Bertz CT molecular complexity index is 387. The van der Waals surface area contributed by atoms with Crippen LogP contribution in [0.5, 0.6) is 0 Å². The molecule has 0 spiro atoms. The number of aromatic nitrogens is 2. The van der Waals surface area contributed by atoms with Crippen LogP contribution < -0.4 is 5.32 Å². The Balaban J connectivity index is 2.81. The topological polar surface area (TPSA) is 46.9 Å². The first-order valence-electron chi connectivity index (χ1n) is 6.04. The number of hydrogen-bond donors (Lipinski definition) is 1. The fraction of sp³-hybridized carbons (Fsp3) is 0.667. The van der Waals surface area contributed by atoms with Crippen LogP contribution in [-0.4, -0.2) is 29.2 Å². The normalized spacial score (nSPS) is 10.8. The van der Waals surface area contributed by atoms with E-state index in [0.717, 1.165) is 24.4 Å². The lowest BCUT2D eigenvalue weighted by molar-refractivity contribution is -0.118. The van der Waals surface area contributed by atoms with Gasteiger partial charge in [-0.1, -0.05) is 18.5 Å². The highest BCUT2D eigenvalue weighted by Gasteiger charge is 2.16. The van der Waals surface area contributed by atoms with Crippen LogP contribution in [0.15, 0.2) is 0 Å². The summed E-state index contributed by atoms with van der Waals surface area (Å²) < 4.78 is 1.83. The summed E-state index contributed by atoms with van der Waals surface area (Å²) in [5, 5.41) is 8.02. The van der Waals surface area contributed by atoms with Crippen molar-refractivity contribution in [3.63, 3.8) is 0 Å². The van der Waals surface area contributed by atoms with E-state index in [2.05, 4.69) is 10.4 Å². The summed E-state index contributed by atoms with van der Waals surface area (Å²) in [6.45, 7) is 5.47. The lowest BCUT2D eigenvalue weighted by Crippen LogP contribution is -2.16. The van der Waals surface area contributed by atoms with Gasteiger partial charge in [-0.05, 0) is 20.4 Å². The highest BCUT2D eigenvalue weighted by atomic mass is 35.5. The maximum atomic E-state index is 11.7. The van der Waals surface area contributed by atoms with Gasteiger partial charge in [0.25, 0.3) is 0 Å². The SMILES string of the molecule is CCc1nn(CC)c(CC(=O)CCNC)c1Cl. The largest absolute Gasteiger partial charge is 0.319 e. The van der Waals surface area contributed by atoms with Gasteiger partial charge in [0, 0.05) is 25.9 Å². The van der Waals surface area contributed by atoms with Crippen molar-refractivity contribution in [1.82, 2.24) is 15.1 Å². The Kier molecular flexibility index (Phi) is 5.65. The molecule has 0 aliphatic carbocycles. The van der Waals surface area contributed by atoms with Crippen molar-refractivity contribution in [2.45, 2.75) is 39.7 Å². The first-order chi connectivity index (χ1) is 8.13. The number of rotatable bonds is 7. The van der Waals surface area contributed by atoms with E-state index in [0.29, 0.717) is 24.4 Å². The minimum absolute atomic E-state index is 0.193. The third-order valence-electron chi connectivity index (χ3n) is 2.71. The highest BCUT2D eigenvalue weighted by Crippen LogP contribution is 2.22. The standard InChI is InChI=1S/C12H20ClN3O/c1-4-10-12(13)11(16(5-2)15-10)8-9(17)6-7-14-3/h14H,4-8H2,1-3H3. The molecule has 0 aromatic carbocycles. The number of aryl methyl sites for hydroxylation is 2. The second-order valence-electron chi connectivity index (χ2n) is 3.95. The molecule has 0 amide bonds. The summed E-state index contributed by atoms with van der Waals surface area (Å²) in [6.07, 6.45) is 1.70. The Morgan fingerprint density at radius 3 is 2.71 bits per heavy atom. The summed E-state index contributed by atoms with van der Waals surface area (Å²) in [7, 11) is 1.84. The second-order valence-corrected chi connectivity index (χ2v) is 4.32. The van der Waals surface area contributed by atoms with Crippen molar-refractivity contribution >= 4 is 17.4 Å². The summed E-state index contributed by atoms with van der Waals surface area (Å²) in [6, 6.07) is 0. The van der Waals surface area contributed by atoms with Crippen molar-refractivity contribution in [2.75, 3.05) is 13.6 Å². The van der Waals surface area contributed by atoms with Gasteiger partial charge in [-0.2, -0.15) is 5.10 Å². The van der Waals surface area contributed by atoms with E-state index in [1.54, 1.807) is 0 Å². The molecule has 0 aliphatic heterocycles. The number of carbonyl (C=O) groups excluding carboxylic acids is 1. The molecule has 1 rings (SSSR count). The second kappa shape index (κ2) is 6.77. The number of carbonyl (C=O) groups is 1. The van der Waals surface area contributed by atoms with E-state index in [1.807, 2.05) is 25.6 Å². The Hall–Kier alpha value is -0.870. The molecule has 96 valence electrons. The number of nitrogens with one attached hydrogen (secondary N) is 1. The predicted octanol–water partition coefficient (Wildman–Crippen LogP) is 1.84. The molecule has 1 aromatic rings. The van der Waals surface area contributed by atoms with Crippen LogP contribution >= 0.6 is 11.6 Å². The van der Waals surface area contributed by atoms with Gasteiger partial charge >= 0.3 is 0 Å². The minimum atomic E-state index is 0.193. The number of ketones is 1. The highest BCUT2D eigenvalue weighted by molar-refractivity contribution is 6.32. The molecule has 5 heteroatoms. The van der Waals surface area contributed by atoms with E-state index >= 15 is 0 Å². The van der Waals surface area contributed by atoms with Crippen LogP contribution in [-0.2, 0) is 24.2 Å². The van der Waals surface area contributed by atoms with E-state index in [4.69, 9.17) is 11.6 Å². The monoisotopic (exact) mass is 257 g/mol. The molecule has 0 saturated heterocycles. The van der Waals surface area contributed by atoms with Gasteiger partial charge in [0.2, 0.25) is 0 Å². The molecule has 0 unspecified atom stereocenters.